The molecule has 0 heterocycles. The Morgan fingerprint density at radius 3 is 1.62 bits per heavy atom. The third kappa shape index (κ3) is 11.2. The molecule has 0 fully saturated rings. The summed E-state index contributed by atoms with van der Waals surface area (Å²) in [6, 6.07) is 13.8. The van der Waals surface area contributed by atoms with Gasteiger partial charge in [-0.1, -0.05) is 60.7 Å². The SMILES string of the molecule is CC(N)C(=O)NC(Cc1ccccc1)C(=O)NC(Cc1ccccc1)C(=O)NC(CCCN=C(N)N)C(=O)O. The predicted molar refractivity (Wildman–Crippen MR) is 147 cm³/mol. The molecule has 2 rings (SSSR count). The van der Waals surface area contributed by atoms with E-state index in [2.05, 4.69) is 20.9 Å². The fourth-order valence-corrected chi connectivity index (χ4v) is 3.73. The lowest BCUT2D eigenvalue weighted by atomic mass is 10.0. The number of nitrogens with two attached hydrogens (primary N) is 3. The van der Waals surface area contributed by atoms with Crippen molar-refractivity contribution in [3.05, 3.63) is 71.8 Å². The van der Waals surface area contributed by atoms with Gasteiger partial charge in [0, 0.05) is 19.4 Å². The highest BCUT2D eigenvalue weighted by Gasteiger charge is 2.30. The first-order valence-electron chi connectivity index (χ1n) is 12.6. The average Bonchev–Trinajstić information content (AvgIpc) is 2.90. The number of aliphatic carboxylic acids is 1. The second-order valence-corrected chi connectivity index (χ2v) is 9.14. The number of benzene rings is 2. The van der Waals surface area contributed by atoms with Crippen LogP contribution >= 0.6 is 0 Å². The second kappa shape index (κ2) is 15.7. The van der Waals surface area contributed by atoms with Crippen LogP contribution in [0.15, 0.2) is 65.7 Å². The molecule has 2 aromatic rings. The summed E-state index contributed by atoms with van der Waals surface area (Å²) in [7, 11) is 0. The molecule has 0 radical (unpaired) electrons. The molecular weight excluding hydrogens is 502 g/mol. The molecule has 4 unspecified atom stereocenters. The van der Waals surface area contributed by atoms with E-state index in [4.69, 9.17) is 17.2 Å². The Balaban J connectivity index is 2.24. The van der Waals surface area contributed by atoms with Gasteiger partial charge >= 0.3 is 5.97 Å². The normalized spacial score (nSPS) is 13.7. The molecule has 0 spiro atoms. The van der Waals surface area contributed by atoms with Crippen LogP contribution in [0.25, 0.3) is 0 Å². The molecule has 4 atom stereocenters. The fraction of sp³-hybridized carbons (Fsp3) is 0.370. The van der Waals surface area contributed by atoms with Gasteiger partial charge in [-0.2, -0.15) is 0 Å². The second-order valence-electron chi connectivity index (χ2n) is 9.14. The molecule has 0 aliphatic rings. The van der Waals surface area contributed by atoms with Crippen LogP contribution < -0.4 is 33.2 Å². The lowest BCUT2D eigenvalue weighted by molar-refractivity contribution is -0.142. The zero-order chi connectivity index (χ0) is 28.8. The first-order chi connectivity index (χ1) is 18.6. The summed E-state index contributed by atoms with van der Waals surface area (Å²) in [5.74, 6) is -3.16. The van der Waals surface area contributed by atoms with E-state index in [1.54, 1.807) is 24.3 Å². The first kappa shape index (κ1) is 30.8. The molecule has 12 nitrogen and oxygen atoms in total. The maximum absolute atomic E-state index is 13.4. The summed E-state index contributed by atoms with van der Waals surface area (Å²) in [4.78, 5) is 54.7. The van der Waals surface area contributed by atoms with Crippen LogP contribution in [0.1, 0.15) is 30.9 Å². The van der Waals surface area contributed by atoms with E-state index in [0.717, 1.165) is 11.1 Å². The van der Waals surface area contributed by atoms with E-state index >= 15 is 0 Å². The molecule has 3 amide bonds. The van der Waals surface area contributed by atoms with Gasteiger partial charge in [-0.15, -0.1) is 0 Å². The molecule has 0 aromatic heterocycles. The molecular formula is C27H37N7O5. The lowest BCUT2D eigenvalue weighted by Crippen LogP contribution is -2.58. The van der Waals surface area contributed by atoms with Gasteiger partial charge in [-0.3, -0.25) is 19.4 Å². The van der Waals surface area contributed by atoms with Crippen molar-refractivity contribution in [1.29, 1.82) is 0 Å². The molecule has 210 valence electrons. The van der Waals surface area contributed by atoms with Crippen LogP contribution in [0.3, 0.4) is 0 Å². The zero-order valence-electron chi connectivity index (χ0n) is 21.9. The monoisotopic (exact) mass is 539 g/mol. The number of aliphatic imine (C=N–C) groups is 1. The highest BCUT2D eigenvalue weighted by molar-refractivity contribution is 5.94. The van der Waals surface area contributed by atoms with Crippen molar-refractivity contribution in [2.24, 2.45) is 22.2 Å². The van der Waals surface area contributed by atoms with Crippen LogP contribution in [-0.4, -0.2) is 65.5 Å². The van der Waals surface area contributed by atoms with Crippen LogP contribution in [0.4, 0.5) is 0 Å². The minimum Gasteiger partial charge on any atom is -0.480 e. The van der Waals surface area contributed by atoms with Gasteiger partial charge in [-0.05, 0) is 30.9 Å². The number of hydrogen-bond acceptors (Lipinski definition) is 6. The Bertz CT molecular complexity index is 1120. The zero-order valence-corrected chi connectivity index (χ0v) is 21.9. The van der Waals surface area contributed by atoms with Crippen molar-refractivity contribution < 1.29 is 24.3 Å². The molecule has 0 aliphatic carbocycles. The summed E-state index contributed by atoms with van der Waals surface area (Å²) < 4.78 is 0. The van der Waals surface area contributed by atoms with E-state index in [0.29, 0.717) is 6.42 Å². The van der Waals surface area contributed by atoms with Crippen molar-refractivity contribution in [1.82, 2.24) is 16.0 Å². The molecule has 0 aliphatic heterocycles. The smallest absolute Gasteiger partial charge is 0.326 e. The third-order valence-corrected chi connectivity index (χ3v) is 5.80. The van der Waals surface area contributed by atoms with E-state index in [-0.39, 0.29) is 31.8 Å². The van der Waals surface area contributed by atoms with Crippen LogP contribution in [0.5, 0.6) is 0 Å². The van der Waals surface area contributed by atoms with Crippen molar-refractivity contribution in [3.63, 3.8) is 0 Å². The van der Waals surface area contributed by atoms with Gasteiger partial charge in [0.05, 0.1) is 6.04 Å². The molecule has 10 N–H and O–H groups in total. The van der Waals surface area contributed by atoms with Gasteiger partial charge in [-0.25, -0.2) is 4.79 Å². The largest absolute Gasteiger partial charge is 0.480 e. The Hall–Kier alpha value is -4.45. The quantitative estimate of drug-likeness (QED) is 0.0880. The van der Waals surface area contributed by atoms with Crippen molar-refractivity contribution in [3.8, 4) is 0 Å². The standard InChI is InChI=1S/C27H37N7O5/c1-17(28)23(35)33-21(15-18-9-4-2-5-10-18)25(37)34-22(16-19-11-6-3-7-12-19)24(36)32-20(26(38)39)13-8-14-31-27(29)30/h2-7,9-12,17,20-22H,8,13-16,28H2,1H3,(H,32,36)(H,33,35)(H,34,37)(H,38,39)(H4,29,30,31). The highest BCUT2D eigenvalue weighted by Crippen LogP contribution is 2.08. The number of carboxylic acids is 1. The third-order valence-electron chi connectivity index (χ3n) is 5.80. The van der Waals surface area contributed by atoms with Crippen LogP contribution in [-0.2, 0) is 32.0 Å². The summed E-state index contributed by atoms with van der Waals surface area (Å²) in [6.07, 6.45) is 0.643. The predicted octanol–water partition coefficient (Wildman–Crippen LogP) is -0.588. The summed E-state index contributed by atoms with van der Waals surface area (Å²) in [5, 5.41) is 17.5. The Labute approximate surface area is 227 Å². The number of amides is 3. The van der Waals surface area contributed by atoms with Crippen LogP contribution in [0.2, 0.25) is 0 Å². The summed E-state index contributed by atoms with van der Waals surface area (Å²) >= 11 is 0. The minimum absolute atomic E-state index is 0.0743. The average molecular weight is 540 g/mol. The number of nitrogens with one attached hydrogen (secondary N) is 3. The first-order valence-corrected chi connectivity index (χ1v) is 12.6. The number of carbonyl (C=O) groups excluding carboxylic acids is 3. The molecule has 39 heavy (non-hydrogen) atoms. The molecule has 0 saturated carbocycles. The summed E-state index contributed by atoms with van der Waals surface area (Å²) in [5.41, 5.74) is 17.8. The van der Waals surface area contributed by atoms with E-state index in [1.807, 2.05) is 36.4 Å². The van der Waals surface area contributed by atoms with Crippen molar-refractivity contribution in [2.75, 3.05) is 6.54 Å². The number of nitrogens with zero attached hydrogens (tertiary/aromatic N) is 1. The maximum Gasteiger partial charge on any atom is 0.326 e. The van der Waals surface area contributed by atoms with Gasteiger partial charge < -0.3 is 38.3 Å². The Morgan fingerprint density at radius 1 is 0.769 bits per heavy atom. The number of rotatable bonds is 15. The van der Waals surface area contributed by atoms with Crippen molar-refractivity contribution in [2.45, 2.75) is 56.8 Å². The Morgan fingerprint density at radius 2 is 1.21 bits per heavy atom. The molecule has 2 aromatic carbocycles. The van der Waals surface area contributed by atoms with E-state index < -0.39 is 47.9 Å². The van der Waals surface area contributed by atoms with Gasteiger partial charge in [0.15, 0.2) is 5.96 Å². The molecule has 0 saturated heterocycles. The number of guanidine groups is 1. The molecule has 12 heteroatoms. The minimum atomic E-state index is -1.23. The lowest BCUT2D eigenvalue weighted by Gasteiger charge is -2.25. The van der Waals surface area contributed by atoms with E-state index in [9.17, 15) is 24.3 Å². The molecule has 0 bridgehead atoms. The van der Waals surface area contributed by atoms with E-state index in [1.165, 1.54) is 6.92 Å². The Kier molecular flexibility index (Phi) is 12.4. The van der Waals surface area contributed by atoms with Crippen molar-refractivity contribution >= 4 is 29.7 Å². The number of hydrogen-bond donors (Lipinski definition) is 7. The topological polar surface area (TPSA) is 215 Å². The van der Waals surface area contributed by atoms with Gasteiger partial charge in [0.1, 0.15) is 18.1 Å². The van der Waals surface area contributed by atoms with Crippen LogP contribution in [0, 0.1) is 0 Å². The number of carbonyl (C=O) groups is 4. The fourth-order valence-electron chi connectivity index (χ4n) is 3.73. The number of carboxylic acid groups (broad SMARTS) is 1. The summed E-state index contributed by atoms with van der Waals surface area (Å²) in [6.45, 7) is 1.70. The maximum atomic E-state index is 13.4. The highest BCUT2D eigenvalue weighted by atomic mass is 16.4. The van der Waals surface area contributed by atoms with Gasteiger partial charge in [0.2, 0.25) is 17.7 Å². The van der Waals surface area contributed by atoms with Gasteiger partial charge in [0.25, 0.3) is 0 Å².